The standard InChI is InChI=1S/C16H18N2O3.C12H12N2O2/c1-3-4-15(19)17-14-6-5-13(18(20)21)11-12(14)7-8-16(2)9-10-16;1-12(6-7-12)5-4-9-8-10(14(15)16)2-3-11(9)13/h5-6,11H,3-4,9-10H2,1-2H3,(H,17,19);2-3,8H,6-7,13H2,1H3. The van der Waals surface area contributed by atoms with Crippen LogP contribution >= 0.6 is 0 Å². The van der Waals surface area contributed by atoms with Crippen LogP contribution in [0.4, 0.5) is 22.7 Å². The van der Waals surface area contributed by atoms with Gasteiger partial charge in [-0.15, -0.1) is 0 Å². The molecule has 9 heteroatoms. The van der Waals surface area contributed by atoms with Gasteiger partial charge in [-0.25, -0.2) is 0 Å². The minimum Gasteiger partial charge on any atom is -0.398 e. The second-order valence-electron chi connectivity index (χ2n) is 9.94. The SMILES string of the molecule is CC1(C#Cc2cc([N+](=O)[O-])ccc2N)CC1.CCCC(=O)Nc1ccc([N+](=O)[O-])cc1C#CC1(C)CC1. The Bertz CT molecular complexity index is 1350. The molecule has 0 bridgehead atoms. The average Bonchev–Trinajstić information content (AvgIpc) is 3.77. The second-order valence-corrected chi connectivity index (χ2v) is 9.94. The van der Waals surface area contributed by atoms with Gasteiger partial charge >= 0.3 is 0 Å². The van der Waals surface area contributed by atoms with Gasteiger partial charge in [0.15, 0.2) is 0 Å². The molecule has 2 aromatic carbocycles. The van der Waals surface area contributed by atoms with Crippen LogP contribution in [0.3, 0.4) is 0 Å². The Labute approximate surface area is 216 Å². The Morgan fingerprint density at radius 1 is 0.919 bits per heavy atom. The van der Waals surface area contributed by atoms with E-state index in [4.69, 9.17) is 5.73 Å². The summed E-state index contributed by atoms with van der Waals surface area (Å²) < 4.78 is 0. The van der Waals surface area contributed by atoms with Gasteiger partial charge in [-0.05, 0) is 58.1 Å². The fourth-order valence-electron chi connectivity index (χ4n) is 3.13. The van der Waals surface area contributed by atoms with E-state index in [1.165, 1.54) is 30.3 Å². The number of nitro benzene ring substituents is 2. The molecular formula is C28H30N4O5. The van der Waals surface area contributed by atoms with E-state index in [1.54, 1.807) is 6.07 Å². The first-order valence-electron chi connectivity index (χ1n) is 12.1. The predicted molar refractivity (Wildman–Crippen MR) is 143 cm³/mol. The topological polar surface area (TPSA) is 141 Å². The second kappa shape index (κ2) is 11.1. The van der Waals surface area contributed by atoms with Crippen molar-refractivity contribution in [3.05, 3.63) is 67.8 Å². The van der Waals surface area contributed by atoms with Gasteiger partial charge in [-0.1, -0.05) is 30.6 Å². The number of nitrogens with zero attached hydrogens (tertiary/aromatic N) is 2. The fraction of sp³-hybridized carbons (Fsp3) is 0.393. The number of carbonyl (C=O) groups is 1. The lowest BCUT2D eigenvalue weighted by molar-refractivity contribution is -0.385. The summed E-state index contributed by atoms with van der Waals surface area (Å²) in [6.07, 6.45) is 5.45. The maximum atomic E-state index is 11.7. The number of nitro groups is 2. The van der Waals surface area contributed by atoms with Crippen molar-refractivity contribution in [2.75, 3.05) is 11.1 Å². The smallest absolute Gasteiger partial charge is 0.270 e. The summed E-state index contributed by atoms with van der Waals surface area (Å²) in [7, 11) is 0. The van der Waals surface area contributed by atoms with E-state index in [1.807, 2.05) is 6.92 Å². The molecule has 0 spiro atoms. The molecule has 0 radical (unpaired) electrons. The van der Waals surface area contributed by atoms with Crippen molar-refractivity contribution < 1.29 is 14.6 Å². The zero-order chi connectivity index (χ0) is 27.2. The van der Waals surface area contributed by atoms with Crippen molar-refractivity contribution in [2.45, 2.75) is 59.3 Å². The number of hydrogen-bond donors (Lipinski definition) is 2. The lowest BCUT2D eigenvalue weighted by Gasteiger charge is -2.07. The Kier molecular flexibility index (Phi) is 8.19. The zero-order valence-corrected chi connectivity index (χ0v) is 21.2. The zero-order valence-electron chi connectivity index (χ0n) is 21.2. The molecule has 2 aliphatic rings. The van der Waals surface area contributed by atoms with Crippen molar-refractivity contribution in [3.63, 3.8) is 0 Å². The highest BCUT2D eigenvalue weighted by Gasteiger charge is 2.35. The number of nitrogens with two attached hydrogens (primary N) is 1. The molecule has 1 amide bonds. The fourth-order valence-corrected chi connectivity index (χ4v) is 3.13. The van der Waals surface area contributed by atoms with E-state index in [-0.39, 0.29) is 28.1 Å². The number of benzene rings is 2. The lowest BCUT2D eigenvalue weighted by Crippen LogP contribution is -2.11. The first-order valence-corrected chi connectivity index (χ1v) is 12.1. The molecule has 0 heterocycles. The molecule has 4 rings (SSSR count). The van der Waals surface area contributed by atoms with Gasteiger partial charge in [-0.3, -0.25) is 25.0 Å². The van der Waals surface area contributed by atoms with Crippen LogP contribution in [0.1, 0.15) is 70.4 Å². The van der Waals surface area contributed by atoms with Gasteiger partial charge in [-0.2, -0.15) is 0 Å². The van der Waals surface area contributed by atoms with Crippen LogP contribution in [0.15, 0.2) is 36.4 Å². The molecule has 0 unspecified atom stereocenters. The molecule has 192 valence electrons. The Hall–Kier alpha value is -4.37. The number of carbonyl (C=O) groups excluding carboxylic acids is 1. The number of non-ortho nitro benzene ring substituents is 2. The van der Waals surface area contributed by atoms with E-state index < -0.39 is 9.85 Å². The predicted octanol–water partition coefficient (Wildman–Crippen LogP) is 5.81. The summed E-state index contributed by atoms with van der Waals surface area (Å²) in [5.41, 5.74) is 7.91. The van der Waals surface area contributed by atoms with Gasteiger partial charge in [0.1, 0.15) is 0 Å². The van der Waals surface area contributed by atoms with E-state index in [2.05, 4.69) is 42.8 Å². The summed E-state index contributed by atoms with van der Waals surface area (Å²) in [6.45, 7) is 6.06. The van der Waals surface area contributed by atoms with E-state index in [0.29, 0.717) is 28.9 Å². The van der Waals surface area contributed by atoms with Crippen LogP contribution in [-0.4, -0.2) is 15.8 Å². The lowest BCUT2D eigenvalue weighted by atomic mass is 10.1. The first-order chi connectivity index (χ1) is 17.4. The van der Waals surface area contributed by atoms with Crippen molar-refractivity contribution in [2.24, 2.45) is 10.8 Å². The molecule has 37 heavy (non-hydrogen) atoms. The Balaban J connectivity index is 0.000000213. The third kappa shape index (κ3) is 8.08. The molecule has 2 fully saturated rings. The number of hydrogen-bond acceptors (Lipinski definition) is 6. The summed E-state index contributed by atoms with van der Waals surface area (Å²) in [6, 6.07) is 8.68. The molecule has 0 saturated heterocycles. The summed E-state index contributed by atoms with van der Waals surface area (Å²) in [5.74, 6) is 12.1. The van der Waals surface area contributed by atoms with Gasteiger partial charge in [0, 0.05) is 47.2 Å². The Morgan fingerprint density at radius 2 is 1.41 bits per heavy atom. The maximum Gasteiger partial charge on any atom is 0.270 e. The van der Waals surface area contributed by atoms with E-state index in [0.717, 1.165) is 32.1 Å². The van der Waals surface area contributed by atoms with Crippen LogP contribution in [0.5, 0.6) is 0 Å². The highest BCUT2D eigenvalue weighted by molar-refractivity contribution is 5.92. The van der Waals surface area contributed by atoms with Crippen LogP contribution in [0.25, 0.3) is 0 Å². The molecule has 9 nitrogen and oxygen atoms in total. The largest absolute Gasteiger partial charge is 0.398 e. The van der Waals surface area contributed by atoms with Crippen molar-refractivity contribution >= 4 is 28.7 Å². The molecule has 0 atom stereocenters. The number of nitrogens with one attached hydrogen (secondary N) is 1. The summed E-state index contributed by atoms with van der Waals surface area (Å²) in [4.78, 5) is 32.3. The summed E-state index contributed by atoms with van der Waals surface area (Å²) in [5, 5.41) is 24.2. The monoisotopic (exact) mass is 502 g/mol. The quantitative estimate of drug-likeness (QED) is 0.229. The highest BCUT2D eigenvalue weighted by atomic mass is 16.6. The van der Waals surface area contributed by atoms with E-state index in [9.17, 15) is 25.0 Å². The molecule has 2 saturated carbocycles. The Morgan fingerprint density at radius 3 is 1.89 bits per heavy atom. The number of rotatable bonds is 5. The molecule has 2 aliphatic carbocycles. The van der Waals surface area contributed by atoms with Crippen molar-refractivity contribution in [1.29, 1.82) is 0 Å². The van der Waals surface area contributed by atoms with Crippen molar-refractivity contribution in [1.82, 2.24) is 0 Å². The molecule has 3 N–H and O–H groups in total. The first kappa shape index (κ1) is 27.2. The third-order valence-corrected chi connectivity index (χ3v) is 6.21. The number of amides is 1. The van der Waals surface area contributed by atoms with Gasteiger partial charge < -0.3 is 11.1 Å². The summed E-state index contributed by atoms with van der Waals surface area (Å²) >= 11 is 0. The third-order valence-electron chi connectivity index (χ3n) is 6.21. The van der Waals surface area contributed by atoms with Crippen molar-refractivity contribution in [3.8, 4) is 23.7 Å². The minimum atomic E-state index is -0.457. The van der Waals surface area contributed by atoms with Gasteiger partial charge in [0.25, 0.3) is 11.4 Å². The molecule has 0 aliphatic heterocycles. The van der Waals surface area contributed by atoms with Crippen LogP contribution in [0.2, 0.25) is 0 Å². The van der Waals surface area contributed by atoms with E-state index >= 15 is 0 Å². The molecule has 0 aromatic heterocycles. The van der Waals surface area contributed by atoms with Crippen LogP contribution in [-0.2, 0) is 4.79 Å². The van der Waals surface area contributed by atoms with Gasteiger partial charge in [0.2, 0.25) is 5.91 Å². The average molecular weight is 503 g/mol. The van der Waals surface area contributed by atoms with Gasteiger partial charge in [0.05, 0.1) is 26.7 Å². The number of nitrogen functional groups attached to an aromatic ring is 1. The van der Waals surface area contributed by atoms with Crippen LogP contribution < -0.4 is 11.1 Å². The van der Waals surface area contributed by atoms with Crippen LogP contribution in [0, 0.1) is 54.7 Å². The minimum absolute atomic E-state index is 0.0197. The highest BCUT2D eigenvalue weighted by Crippen LogP contribution is 2.44. The maximum absolute atomic E-state index is 11.7. The normalized spacial score (nSPS) is 15.3. The molecule has 2 aromatic rings. The number of anilines is 2. The molecular weight excluding hydrogens is 472 g/mol.